The van der Waals surface area contributed by atoms with Crippen LogP contribution in [-0.4, -0.2) is 26.1 Å². The molecule has 24 heavy (non-hydrogen) atoms. The number of nitrogens with two attached hydrogens (primary N) is 1. The van der Waals surface area contributed by atoms with Crippen LogP contribution in [-0.2, 0) is 6.42 Å². The van der Waals surface area contributed by atoms with E-state index in [4.69, 9.17) is 10.5 Å². The molecule has 2 N–H and O–H groups in total. The highest BCUT2D eigenvalue weighted by Crippen LogP contribution is 2.31. The fourth-order valence-electron chi connectivity index (χ4n) is 2.45. The van der Waals surface area contributed by atoms with Crippen molar-refractivity contribution in [2.45, 2.75) is 13.3 Å². The molecule has 9 heteroatoms. The molecule has 0 atom stereocenters. The number of ether oxygens (including phenoxy) is 1. The minimum atomic E-state index is -0.840. The molecule has 0 amide bonds. The average Bonchev–Trinajstić information content (AvgIpc) is 2.87. The average molecular weight is 331 g/mol. The summed E-state index contributed by atoms with van der Waals surface area (Å²) in [6, 6.07) is 3.17. The third-order valence-electron chi connectivity index (χ3n) is 3.64. The molecular weight excluding hydrogens is 317 g/mol. The first-order valence-electron chi connectivity index (χ1n) is 7.15. The number of halogens is 1. The molecule has 0 saturated carbocycles. The van der Waals surface area contributed by atoms with Gasteiger partial charge in [0.1, 0.15) is 11.8 Å². The van der Waals surface area contributed by atoms with Gasteiger partial charge in [-0.2, -0.15) is 10.1 Å². The highest BCUT2D eigenvalue weighted by atomic mass is 19.1. The van der Waals surface area contributed by atoms with Gasteiger partial charge in [0.25, 0.3) is 5.69 Å². The van der Waals surface area contributed by atoms with E-state index in [0.29, 0.717) is 18.5 Å². The van der Waals surface area contributed by atoms with E-state index in [0.717, 1.165) is 17.2 Å². The fourth-order valence-corrected chi connectivity index (χ4v) is 2.45. The van der Waals surface area contributed by atoms with Crippen molar-refractivity contribution in [3.63, 3.8) is 0 Å². The minimum absolute atomic E-state index is 0.151. The number of benzene rings is 1. The Morgan fingerprint density at radius 3 is 2.92 bits per heavy atom. The first-order chi connectivity index (χ1) is 11.5. The summed E-state index contributed by atoms with van der Waals surface area (Å²) in [4.78, 5) is 14.0. The van der Waals surface area contributed by atoms with Crippen LogP contribution in [0.3, 0.4) is 0 Å². The zero-order valence-corrected chi connectivity index (χ0v) is 12.8. The van der Waals surface area contributed by atoms with Gasteiger partial charge in [-0.15, -0.1) is 0 Å². The Morgan fingerprint density at radius 1 is 1.46 bits per heavy atom. The van der Waals surface area contributed by atoms with E-state index >= 15 is 0 Å². The van der Waals surface area contributed by atoms with Gasteiger partial charge in [-0.3, -0.25) is 10.1 Å². The molecule has 0 aliphatic carbocycles. The second-order valence-electron chi connectivity index (χ2n) is 5.15. The molecule has 0 spiro atoms. The second kappa shape index (κ2) is 6.20. The third kappa shape index (κ3) is 2.76. The maximum Gasteiger partial charge on any atom is 0.272 e. The van der Waals surface area contributed by atoms with Crippen LogP contribution in [0, 0.1) is 22.9 Å². The number of nitrogens with zero attached hydrogens (tertiary/aromatic N) is 4. The van der Waals surface area contributed by atoms with Crippen molar-refractivity contribution in [3.05, 3.63) is 57.8 Å². The Balaban J connectivity index is 2.03. The van der Waals surface area contributed by atoms with Crippen LogP contribution < -0.4 is 10.5 Å². The predicted octanol–water partition coefficient (Wildman–Crippen LogP) is 2.38. The van der Waals surface area contributed by atoms with Crippen molar-refractivity contribution in [3.8, 4) is 11.6 Å². The third-order valence-corrected chi connectivity index (χ3v) is 3.64. The van der Waals surface area contributed by atoms with Crippen molar-refractivity contribution >= 4 is 11.2 Å². The zero-order valence-electron chi connectivity index (χ0n) is 12.8. The summed E-state index contributed by atoms with van der Waals surface area (Å²) in [5, 5.41) is 14.8. The highest BCUT2D eigenvalue weighted by Gasteiger charge is 2.17. The summed E-state index contributed by atoms with van der Waals surface area (Å²) < 4.78 is 21.1. The van der Waals surface area contributed by atoms with Crippen LogP contribution in [0.25, 0.3) is 5.52 Å². The lowest BCUT2D eigenvalue weighted by molar-refractivity contribution is -0.385. The molecule has 1 aromatic carbocycles. The quantitative estimate of drug-likeness (QED) is 0.568. The molecule has 0 saturated heterocycles. The highest BCUT2D eigenvalue weighted by molar-refractivity contribution is 5.65. The van der Waals surface area contributed by atoms with Crippen LogP contribution in [0.5, 0.6) is 11.6 Å². The van der Waals surface area contributed by atoms with Gasteiger partial charge < -0.3 is 10.5 Å². The Kier molecular flexibility index (Phi) is 4.09. The predicted molar refractivity (Wildman–Crippen MR) is 83.6 cm³/mol. The van der Waals surface area contributed by atoms with E-state index in [1.807, 2.05) is 13.1 Å². The first kappa shape index (κ1) is 15.8. The fraction of sp³-hybridized carbons (Fsp3) is 0.200. The van der Waals surface area contributed by atoms with Crippen molar-refractivity contribution < 1.29 is 14.1 Å². The summed E-state index contributed by atoms with van der Waals surface area (Å²) in [7, 11) is 0. The molecule has 3 aromatic rings. The van der Waals surface area contributed by atoms with Gasteiger partial charge in [0.2, 0.25) is 5.88 Å². The van der Waals surface area contributed by atoms with Gasteiger partial charge >= 0.3 is 0 Å². The zero-order chi connectivity index (χ0) is 17.3. The van der Waals surface area contributed by atoms with E-state index in [-0.39, 0.29) is 17.3 Å². The van der Waals surface area contributed by atoms with E-state index < -0.39 is 10.7 Å². The van der Waals surface area contributed by atoms with Crippen molar-refractivity contribution in [1.29, 1.82) is 0 Å². The van der Waals surface area contributed by atoms with Crippen LogP contribution in [0.4, 0.5) is 10.1 Å². The standard InChI is InChI=1S/C15H14FN5O3/c1-9-10(4-5-17)7-20-14(9)15(18-8-19-20)24-13-3-2-11(21(22)23)6-12(13)16/h2-3,6-8H,4-5,17H2,1H3. The monoisotopic (exact) mass is 331 g/mol. The van der Waals surface area contributed by atoms with Crippen molar-refractivity contribution in [1.82, 2.24) is 14.6 Å². The van der Waals surface area contributed by atoms with Crippen LogP contribution >= 0.6 is 0 Å². The Hall–Kier alpha value is -3.07. The molecule has 0 bridgehead atoms. The van der Waals surface area contributed by atoms with Crippen LogP contribution in [0.15, 0.2) is 30.7 Å². The summed E-state index contributed by atoms with van der Waals surface area (Å²) in [6.07, 6.45) is 3.77. The number of fused-ring (bicyclic) bond motifs is 1. The van der Waals surface area contributed by atoms with Gasteiger partial charge in [0, 0.05) is 12.3 Å². The number of hydrogen-bond acceptors (Lipinski definition) is 6. The number of non-ortho nitro benzene ring substituents is 1. The molecule has 124 valence electrons. The number of aryl methyl sites for hydroxylation is 1. The first-order valence-corrected chi connectivity index (χ1v) is 7.15. The largest absolute Gasteiger partial charge is 0.434 e. The topological polar surface area (TPSA) is 109 Å². The number of nitro groups is 1. The van der Waals surface area contributed by atoms with E-state index in [1.165, 1.54) is 18.5 Å². The second-order valence-corrected chi connectivity index (χ2v) is 5.15. The van der Waals surface area contributed by atoms with Gasteiger partial charge in [-0.1, -0.05) is 0 Å². The molecule has 2 heterocycles. The smallest absolute Gasteiger partial charge is 0.272 e. The summed E-state index contributed by atoms with van der Waals surface area (Å²) in [6.45, 7) is 2.36. The Labute approximate surface area is 135 Å². The number of aromatic nitrogens is 3. The lowest BCUT2D eigenvalue weighted by Crippen LogP contribution is -2.02. The Bertz CT molecular complexity index is 925. The number of rotatable bonds is 5. The minimum Gasteiger partial charge on any atom is -0.434 e. The lowest BCUT2D eigenvalue weighted by Gasteiger charge is -2.07. The van der Waals surface area contributed by atoms with Gasteiger partial charge in [0.15, 0.2) is 11.6 Å². The molecule has 0 aliphatic rings. The number of nitro benzene ring substituents is 1. The molecule has 2 aromatic heterocycles. The van der Waals surface area contributed by atoms with E-state index in [9.17, 15) is 14.5 Å². The maximum atomic E-state index is 14.0. The van der Waals surface area contributed by atoms with Crippen molar-refractivity contribution in [2.24, 2.45) is 5.73 Å². The van der Waals surface area contributed by atoms with Crippen LogP contribution in [0.2, 0.25) is 0 Å². The molecule has 0 fully saturated rings. The molecule has 0 radical (unpaired) electrons. The molecule has 0 unspecified atom stereocenters. The Morgan fingerprint density at radius 2 is 2.25 bits per heavy atom. The molecule has 3 rings (SSSR count). The van der Waals surface area contributed by atoms with E-state index in [1.54, 1.807) is 4.52 Å². The van der Waals surface area contributed by atoms with E-state index in [2.05, 4.69) is 10.1 Å². The maximum absolute atomic E-state index is 14.0. The lowest BCUT2D eigenvalue weighted by atomic mass is 10.1. The molecule has 0 aliphatic heterocycles. The van der Waals surface area contributed by atoms with Gasteiger partial charge in [-0.05, 0) is 37.1 Å². The summed E-state index contributed by atoms with van der Waals surface area (Å²) in [5.74, 6) is -0.826. The summed E-state index contributed by atoms with van der Waals surface area (Å²) >= 11 is 0. The molecular formula is C15H14FN5O3. The summed E-state index contributed by atoms with van der Waals surface area (Å²) in [5.41, 5.74) is 7.72. The van der Waals surface area contributed by atoms with Gasteiger partial charge in [0.05, 0.1) is 11.0 Å². The molecule has 8 nitrogen and oxygen atoms in total. The SMILES string of the molecule is Cc1c(CCN)cn2ncnc(Oc3ccc([N+](=O)[O-])cc3F)c12. The number of hydrogen-bond donors (Lipinski definition) is 1. The van der Waals surface area contributed by atoms with Crippen molar-refractivity contribution in [2.75, 3.05) is 6.54 Å². The van der Waals surface area contributed by atoms with Crippen LogP contribution in [0.1, 0.15) is 11.1 Å². The van der Waals surface area contributed by atoms with Gasteiger partial charge in [-0.25, -0.2) is 8.91 Å². The normalized spacial score (nSPS) is 11.0.